The number of aromatic nitrogens is 4. The first-order chi connectivity index (χ1) is 11.6. The molecule has 0 bridgehead atoms. The summed E-state index contributed by atoms with van der Waals surface area (Å²) in [7, 11) is 0. The first-order valence-electron chi connectivity index (χ1n) is 7.62. The van der Waals surface area contributed by atoms with Gasteiger partial charge in [-0.25, -0.2) is 19.0 Å². The lowest BCUT2D eigenvalue weighted by Crippen LogP contribution is -2.48. The summed E-state index contributed by atoms with van der Waals surface area (Å²) < 4.78 is 14.8. The van der Waals surface area contributed by atoms with Crippen molar-refractivity contribution in [1.82, 2.24) is 25.1 Å². The van der Waals surface area contributed by atoms with Crippen molar-refractivity contribution in [3.8, 4) is 5.69 Å². The number of carbonyl (C=O) groups is 1. The molecule has 1 aromatic carbocycles. The van der Waals surface area contributed by atoms with Crippen LogP contribution >= 0.6 is 0 Å². The minimum absolute atomic E-state index is 0.0309. The van der Waals surface area contributed by atoms with E-state index in [1.807, 2.05) is 4.90 Å². The van der Waals surface area contributed by atoms with E-state index in [9.17, 15) is 9.18 Å². The molecule has 3 aromatic rings. The Morgan fingerprint density at radius 3 is 2.75 bits per heavy atom. The van der Waals surface area contributed by atoms with Crippen LogP contribution in [0.2, 0.25) is 0 Å². The first kappa shape index (κ1) is 14.6. The normalized spacial score (nSPS) is 14.9. The third kappa shape index (κ3) is 2.45. The minimum Gasteiger partial charge on any atom is -0.353 e. The molecule has 1 fully saturated rings. The highest BCUT2D eigenvalue weighted by atomic mass is 19.1. The van der Waals surface area contributed by atoms with Crippen LogP contribution in [0.1, 0.15) is 5.82 Å². The zero-order chi connectivity index (χ0) is 16.7. The number of anilines is 1. The van der Waals surface area contributed by atoms with E-state index < -0.39 is 0 Å². The van der Waals surface area contributed by atoms with Crippen LogP contribution < -0.4 is 10.2 Å². The predicted octanol–water partition coefficient (Wildman–Crippen LogP) is 1.20. The number of fused-ring (bicyclic) bond motifs is 1. The van der Waals surface area contributed by atoms with E-state index in [2.05, 4.69) is 20.4 Å². The Morgan fingerprint density at radius 2 is 2.00 bits per heavy atom. The average Bonchev–Trinajstić information content (AvgIpc) is 2.98. The standard InChI is InChI=1S/C16H15FN6O/c1-10-20-15(22-7-6-18-14(24)9-22)13-8-19-23(16(13)21-10)12-4-2-11(17)3-5-12/h2-5,8H,6-7,9H2,1H3,(H,18,24). The van der Waals surface area contributed by atoms with E-state index in [1.54, 1.807) is 29.9 Å². The molecule has 7 nitrogen and oxygen atoms in total. The molecule has 4 rings (SSSR count). The summed E-state index contributed by atoms with van der Waals surface area (Å²) in [4.78, 5) is 22.6. The second-order valence-electron chi connectivity index (χ2n) is 5.64. The van der Waals surface area contributed by atoms with Gasteiger partial charge in [0.1, 0.15) is 17.5 Å². The van der Waals surface area contributed by atoms with Gasteiger partial charge in [0.2, 0.25) is 5.91 Å². The van der Waals surface area contributed by atoms with Crippen molar-refractivity contribution in [1.29, 1.82) is 0 Å². The van der Waals surface area contributed by atoms with Gasteiger partial charge in [-0.3, -0.25) is 4.79 Å². The highest BCUT2D eigenvalue weighted by molar-refractivity contribution is 5.91. The molecular formula is C16H15FN6O. The van der Waals surface area contributed by atoms with Crippen molar-refractivity contribution >= 4 is 22.8 Å². The molecule has 8 heteroatoms. The zero-order valence-electron chi connectivity index (χ0n) is 13.0. The number of nitrogens with one attached hydrogen (secondary N) is 1. The van der Waals surface area contributed by atoms with Gasteiger partial charge in [0.15, 0.2) is 5.65 Å². The van der Waals surface area contributed by atoms with Crippen LogP contribution in [0.3, 0.4) is 0 Å². The van der Waals surface area contributed by atoms with Gasteiger partial charge in [0.25, 0.3) is 0 Å². The maximum absolute atomic E-state index is 13.2. The van der Waals surface area contributed by atoms with E-state index in [0.717, 1.165) is 5.39 Å². The highest BCUT2D eigenvalue weighted by Gasteiger charge is 2.22. The number of benzene rings is 1. The van der Waals surface area contributed by atoms with Crippen molar-refractivity contribution < 1.29 is 9.18 Å². The molecule has 0 unspecified atom stereocenters. The van der Waals surface area contributed by atoms with Crippen LogP contribution in [0.15, 0.2) is 30.5 Å². The van der Waals surface area contributed by atoms with Crippen LogP contribution in [0.4, 0.5) is 10.2 Å². The molecule has 0 atom stereocenters. The van der Waals surface area contributed by atoms with Gasteiger partial charge in [-0.1, -0.05) is 0 Å². The third-order valence-corrected chi connectivity index (χ3v) is 3.93. The molecule has 0 radical (unpaired) electrons. The monoisotopic (exact) mass is 326 g/mol. The van der Waals surface area contributed by atoms with E-state index >= 15 is 0 Å². The first-order valence-corrected chi connectivity index (χ1v) is 7.62. The summed E-state index contributed by atoms with van der Waals surface area (Å²) in [5, 5.41) is 7.94. The van der Waals surface area contributed by atoms with Gasteiger partial charge >= 0.3 is 0 Å². The minimum atomic E-state index is -0.305. The zero-order valence-corrected chi connectivity index (χ0v) is 13.0. The van der Waals surface area contributed by atoms with Crippen molar-refractivity contribution in [3.63, 3.8) is 0 Å². The largest absolute Gasteiger partial charge is 0.353 e. The van der Waals surface area contributed by atoms with Crippen LogP contribution in [0.25, 0.3) is 16.7 Å². The number of aryl methyl sites for hydroxylation is 1. The van der Waals surface area contributed by atoms with E-state index in [-0.39, 0.29) is 18.3 Å². The smallest absolute Gasteiger partial charge is 0.239 e. The molecule has 0 aliphatic carbocycles. The Bertz CT molecular complexity index is 920. The molecule has 0 saturated carbocycles. The van der Waals surface area contributed by atoms with E-state index in [0.29, 0.717) is 36.1 Å². The second kappa shape index (κ2) is 5.55. The molecule has 0 spiro atoms. The molecule has 1 amide bonds. The van der Waals surface area contributed by atoms with Crippen molar-refractivity contribution in [2.45, 2.75) is 6.92 Å². The topological polar surface area (TPSA) is 75.9 Å². The highest BCUT2D eigenvalue weighted by Crippen LogP contribution is 2.26. The summed E-state index contributed by atoms with van der Waals surface area (Å²) in [6.07, 6.45) is 1.68. The summed E-state index contributed by atoms with van der Waals surface area (Å²) in [5.41, 5.74) is 1.35. The van der Waals surface area contributed by atoms with Gasteiger partial charge in [-0.05, 0) is 31.2 Å². The van der Waals surface area contributed by atoms with Gasteiger partial charge in [-0.15, -0.1) is 0 Å². The number of halogens is 1. The Kier molecular flexibility index (Phi) is 3.37. The van der Waals surface area contributed by atoms with Crippen LogP contribution in [-0.4, -0.2) is 45.3 Å². The van der Waals surface area contributed by atoms with E-state index in [4.69, 9.17) is 0 Å². The van der Waals surface area contributed by atoms with Gasteiger partial charge in [0.05, 0.1) is 23.8 Å². The SMILES string of the molecule is Cc1nc(N2CCNC(=O)C2)c2cnn(-c3ccc(F)cc3)c2n1. The Labute approximate surface area is 137 Å². The van der Waals surface area contributed by atoms with Gasteiger partial charge in [0, 0.05) is 13.1 Å². The molecule has 2 aromatic heterocycles. The number of amides is 1. The fraction of sp³-hybridized carbons (Fsp3) is 0.250. The number of hydrogen-bond acceptors (Lipinski definition) is 5. The number of nitrogens with zero attached hydrogens (tertiary/aromatic N) is 5. The maximum Gasteiger partial charge on any atom is 0.239 e. The Hall–Kier alpha value is -3.03. The number of rotatable bonds is 2. The Balaban J connectivity index is 1.85. The van der Waals surface area contributed by atoms with Crippen LogP contribution in [0, 0.1) is 12.7 Å². The molecule has 1 aliphatic heterocycles. The molecule has 3 heterocycles. The van der Waals surface area contributed by atoms with Crippen molar-refractivity contribution in [3.05, 3.63) is 42.1 Å². The lowest BCUT2D eigenvalue weighted by Gasteiger charge is -2.28. The Morgan fingerprint density at radius 1 is 1.21 bits per heavy atom. The molecule has 122 valence electrons. The van der Waals surface area contributed by atoms with Gasteiger partial charge < -0.3 is 10.2 Å². The number of hydrogen-bond donors (Lipinski definition) is 1. The van der Waals surface area contributed by atoms with Crippen molar-refractivity contribution in [2.75, 3.05) is 24.5 Å². The maximum atomic E-state index is 13.2. The summed E-state index contributed by atoms with van der Waals surface area (Å²) >= 11 is 0. The lowest BCUT2D eigenvalue weighted by molar-refractivity contribution is -0.120. The number of piperazine rings is 1. The number of carbonyl (C=O) groups excluding carboxylic acids is 1. The quantitative estimate of drug-likeness (QED) is 0.766. The molecular weight excluding hydrogens is 311 g/mol. The predicted molar refractivity (Wildman–Crippen MR) is 86.6 cm³/mol. The van der Waals surface area contributed by atoms with Gasteiger partial charge in [-0.2, -0.15) is 5.10 Å². The lowest BCUT2D eigenvalue weighted by atomic mass is 10.3. The van der Waals surface area contributed by atoms with Crippen LogP contribution in [-0.2, 0) is 4.79 Å². The molecule has 1 N–H and O–H groups in total. The fourth-order valence-corrected chi connectivity index (χ4v) is 2.83. The summed E-state index contributed by atoms with van der Waals surface area (Å²) in [5.74, 6) is 0.950. The summed E-state index contributed by atoms with van der Waals surface area (Å²) in [6, 6.07) is 6.06. The molecule has 24 heavy (non-hydrogen) atoms. The molecule has 1 saturated heterocycles. The molecule has 1 aliphatic rings. The van der Waals surface area contributed by atoms with Crippen molar-refractivity contribution in [2.24, 2.45) is 0 Å². The van der Waals surface area contributed by atoms with Crippen LogP contribution in [0.5, 0.6) is 0 Å². The second-order valence-corrected chi connectivity index (χ2v) is 5.64. The average molecular weight is 326 g/mol. The summed E-state index contributed by atoms with van der Waals surface area (Å²) in [6.45, 7) is 3.32. The van der Waals surface area contributed by atoms with E-state index in [1.165, 1.54) is 12.1 Å². The third-order valence-electron chi connectivity index (χ3n) is 3.93. The fourth-order valence-electron chi connectivity index (χ4n) is 2.83.